The van der Waals surface area contributed by atoms with Gasteiger partial charge in [-0.1, -0.05) is 6.42 Å². The van der Waals surface area contributed by atoms with E-state index in [9.17, 15) is 4.79 Å². The van der Waals surface area contributed by atoms with E-state index in [0.29, 0.717) is 23.0 Å². The van der Waals surface area contributed by atoms with E-state index in [-0.39, 0.29) is 11.7 Å². The zero-order valence-corrected chi connectivity index (χ0v) is 17.9. The number of imidazole rings is 1. The van der Waals surface area contributed by atoms with Gasteiger partial charge in [-0.15, -0.1) is 0 Å². The summed E-state index contributed by atoms with van der Waals surface area (Å²) in [4.78, 5) is 29.6. The van der Waals surface area contributed by atoms with E-state index in [1.54, 1.807) is 6.20 Å². The molecule has 2 N–H and O–H groups in total. The first-order valence-corrected chi connectivity index (χ1v) is 11.4. The van der Waals surface area contributed by atoms with Gasteiger partial charge in [0.2, 0.25) is 5.95 Å². The molecule has 0 amide bonds. The number of hydrogen-bond acceptors (Lipinski definition) is 6. The van der Waals surface area contributed by atoms with Crippen molar-refractivity contribution in [1.29, 1.82) is 0 Å². The molecule has 2 bridgehead atoms. The van der Waals surface area contributed by atoms with Crippen LogP contribution in [0.1, 0.15) is 31.7 Å². The van der Waals surface area contributed by atoms with E-state index < -0.39 is 0 Å². The van der Waals surface area contributed by atoms with Crippen LogP contribution in [0.4, 0.5) is 17.3 Å². The van der Waals surface area contributed by atoms with Crippen LogP contribution in [0.25, 0.3) is 11.2 Å². The first-order valence-electron chi connectivity index (χ1n) is 11.4. The number of piperazine rings is 1. The Morgan fingerprint density at radius 3 is 2.58 bits per heavy atom. The van der Waals surface area contributed by atoms with Crippen molar-refractivity contribution in [2.45, 2.75) is 31.7 Å². The second-order valence-corrected chi connectivity index (χ2v) is 9.44. The molecule has 2 aromatic heterocycles. The normalized spacial score (nSPS) is 26.1. The largest absolute Gasteiger partial charge is 0.369 e. The molecule has 0 radical (unpaired) electrons. The number of fused-ring (bicyclic) bond motifs is 3. The van der Waals surface area contributed by atoms with Crippen molar-refractivity contribution in [1.82, 2.24) is 24.4 Å². The maximum atomic E-state index is 12.7. The van der Waals surface area contributed by atoms with Crippen LogP contribution in [0.15, 0.2) is 35.3 Å². The van der Waals surface area contributed by atoms with E-state index >= 15 is 0 Å². The molecule has 0 unspecified atom stereocenters. The molecule has 8 nitrogen and oxygen atoms in total. The smallest absolute Gasteiger partial charge is 0.327 e. The van der Waals surface area contributed by atoms with E-state index in [4.69, 9.17) is 4.98 Å². The van der Waals surface area contributed by atoms with Crippen molar-refractivity contribution >= 4 is 28.5 Å². The zero-order valence-electron chi connectivity index (χ0n) is 17.9. The minimum Gasteiger partial charge on any atom is -0.369 e. The van der Waals surface area contributed by atoms with Crippen molar-refractivity contribution < 1.29 is 0 Å². The Morgan fingerprint density at radius 2 is 1.87 bits per heavy atom. The highest BCUT2D eigenvalue weighted by Crippen LogP contribution is 2.50. The fourth-order valence-corrected chi connectivity index (χ4v) is 5.76. The summed E-state index contributed by atoms with van der Waals surface area (Å²) in [6.07, 6.45) is 6.60. The summed E-state index contributed by atoms with van der Waals surface area (Å²) in [6.45, 7) is 4.29. The number of rotatable bonds is 4. The van der Waals surface area contributed by atoms with Gasteiger partial charge in [0, 0.05) is 43.6 Å². The molecular weight excluding hydrogens is 390 g/mol. The van der Waals surface area contributed by atoms with Gasteiger partial charge in [0.25, 0.3) is 0 Å². The predicted octanol–water partition coefficient (Wildman–Crippen LogP) is 2.98. The molecule has 2 saturated carbocycles. The number of nitrogens with zero attached hydrogens (tertiary/aromatic N) is 5. The molecule has 3 aromatic rings. The Balaban J connectivity index is 1.24. The average molecular weight is 420 g/mol. The van der Waals surface area contributed by atoms with Crippen LogP contribution in [0, 0.1) is 11.8 Å². The number of anilines is 3. The highest BCUT2D eigenvalue weighted by atomic mass is 16.1. The molecule has 3 atom stereocenters. The Kier molecular flexibility index (Phi) is 4.49. The van der Waals surface area contributed by atoms with Gasteiger partial charge in [-0.25, -0.2) is 9.78 Å². The molecule has 3 heterocycles. The van der Waals surface area contributed by atoms with E-state index in [2.05, 4.69) is 56.4 Å². The third kappa shape index (κ3) is 3.39. The SMILES string of the molecule is CN1CCN(c2ccc(Nc3ncc4[nH]c(=O)n([C@H]5C[C@H]6CC[C@@H]5C6)c4n3)cc2)CC1. The first kappa shape index (κ1) is 18.9. The fraction of sp³-hybridized carbons (Fsp3) is 0.522. The van der Waals surface area contributed by atoms with Crippen molar-refractivity contribution in [3.63, 3.8) is 0 Å². The molecule has 1 aromatic carbocycles. The molecule has 31 heavy (non-hydrogen) atoms. The summed E-state index contributed by atoms with van der Waals surface area (Å²) < 4.78 is 1.89. The van der Waals surface area contributed by atoms with E-state index in [0.717, 1.165) is 44.2 Å². The molecule has 3 aliphatic rings. The third-order valence-electron chi connectivity index (χ3n) is 7.48. The number of H-pyrrole nitrogens is 1. The molecule has 1 saturated heterocycles. The maximum absolute atomic E-state index is 12.7. The van der Waals surface area contributed by atoms with Gasteiger partial charge < -0.3 is 20.1 Å². The third-order valence-corrected chi connectivity index (χ3v) is 7.48. The summed E-state index contributed by atoms with van der Waals surface area (Å²) in [5, 5.41) is 3.32. The quantitative estimate of drug-likeness (QED) is 0.677. The Bertz CT molecular complexity index is 1140. The summed E-state index contributed by atoms with van der Waals surface area (Å²) in [5.74, 6) is 1.90. The zero-order chi connectivity index (χ0) is 20.9. The van der Waals surface area contributed by atoms with Crippen LogP contribution in [0.3, 0.4) is 0 Å². The number of benzene rings is 1. The molecule has 0 spiro atoms. The summed E-state index contributed by atoms with van der Waals surface area (Å²) in [6, 6.07) is 8.70. The van der Waals surface area contributed by atoms with Crippen LogP contribution in [-0.4, -0.2) is 57.6 Å². The van der Waals surface area contributed by atoms with Crippen molar-refractivity contribution in [3.05, 3.63) is 40.9 Å². The number of aromatic nitrogens is 4. The number of likely N-dealkylation sites (N-methyl/N-ethyl adjacent to an activating group) is 1. The Morgan fingerprint density at radius 1 is 1.06 bits per heavy atom. The molecule has 6 rings (SSSR count). The van der Waals surface area contributed by atoms with Crippen LogP contribution in [0.5, 0.6) is 0 Å². The lowest BCUT2D eigenvalue weighted by Gasteiger charge is -2.34. The van der Waals surface area contributed by atoms with E-state index in [1.807, 2.05) is 4.57 Å². The minimum absolute atomic E-state index is 0.0597. The van der Waals surface area contributed by atoms with Gasteiger partial charge in [0.05, 0.1) is 6.20 Å². The molecular formula is C23H29N7O. The van der Waals surface area contributed by atoms with Gasteiger partial charge >= 0.3 is 5.69 Å². The summed E-state index contributed by atoms with van der Waals surface area (Å²) >= 11 is 0. The summed E-state index contributed by atoms with van der Waals surface area (Å²) in [7, 11) is 2.17. The maximum Gasteiger partial charge on any atom is 0.327 e. The fourth-order valence-electron chi connectivity index (χ4n) is 5.76. The van der Waals surface area contributed by atoms with Gasteiger partial charge in [-0.3, -0.25) is 4.57 Å². The highest BCUT2D eigenvalue weighted by Gasteiger charge is 2.41. The topological polar surface area (TPSA) is 82.1 Å². The average Bonchev–Trinajstić information content (AvgIpc) is 3.48. The van der Waals surface area contributed by atoms with Gasteiger partial charge in [0.15, 0.2) is 5.65 Å². The van der Waals surface area contributed by atoms with Crippen molar-refractivity contribution in [2.24, 2.45) is 11.8 Å². The van der Waals surface area contributed by atoms with Gasteiger partial charge in [-0.05, 0) is 62.4 Å². The monoisotopic (exact) mass is 419 g/mol. The van der Waals surface area contributed by atoms with Crippen molar-refractivity contribution in [3.8, 4) is 0 Å². The molecule has 8 heteroatoms. The van der Waals surface area contributed by atoms with Gasteiger partial charge in [0.1, 0.15) is 5.52 Å². The second-order valence-electron chi connectivity index (χ2n) is 9.44. The molecule has 3 fully saturated rings. The van der Waals surface area contributed by atoms with Crippen LogP contribution in [-0.2, 0) is 0 Å². The Hall–Kier alpha value is -2.87. The highest BCUT2D eigenvalue weighted by molar-refractivity contribution is 5.72. The lowest BCUT2D eigenvalue weighted by molar-refractivity contribution is 0.313. The summed E-state index contributed by atoms with van der Waals surface area (Å²) in [5.41, 5.74) is 3.56. The van der Waals surface area contributed by atoms with Crippen molar-refractivity contribution in [2.75, 3.05) is 43.4 Å². The lowest BCUT2D eigenvalue weighted by Crippen LogP contribution is -2.44. The number of hydrogen-bond donors (Lipinski definition) is 2. The van der Waals surface area contributed by atoms with Crippen LogP contribution >= 0.6 is 0 Å². The minimum atomic E-state index is -0.0597. The number of aromatic amines is 1. The van der Waals surface area contributed by atoms with Crippen LogP contribution < -0.4 is 15.9 Å². The molecule has 2 aliphatic carbocycles. The molecule has 1 aliphatic heterocycles. The standard InChI is InChI=1S/C23H29N7O/c1-28-8-10-29(11-9-28)18-6-4-17(5-7-18)25-22-24-14-19-21(27-22)30(23(31)26-19)20-13-15-2-3-16(20)12-15/h4-7,14-16,20H,2-3,8-13H2,1H3,(H,26,31)(H,24,25,27)/t15-,16+,20-/m0/s1. The van der Waals surface area contributed by atoms with Gasteiger partial charge in [-0.2, -0.15) is 4.98 Å². The lowest BCUT2D eigenvalue weighted by atomic mass is 9.95. The Labute approximate surface area is 181 Å². The first-order chi connectivity index (χ1) is 15.1. The molecule has 162 valence electrons. The van der Waals surface area contributed by atoms with Crippen LogP contribution in [0.2, 0.25) is 0 Å². The van der Waals surface area contributed by atoms with E-state index in [1.165, 1.54) is 24.9 Å². The number of nitrogens with one attached hydrogen (secondary N) is 2. The predicted molar refractivity (Wildman–Crippen MR) is 122 cm³/mol. The second kappa shape index (κ2) is 7.37.